The molecule has 21 heavy (non-hydrogen) atoms. The van der Waals surface area contributed by atoms with Crippen LogP contribution >= 0.6 is 0 Å². The molecule has 0 aromatic carbocycles. The lowest BCUT2D eigenvalue weighted by atomic mass is 10.0. The molecule has 1 aromatic rings. The van der Waals surface area contributed by atoms with E-state index in [0.29, 0.717) is 26.1 Å². The van der Waals surface area contributed by atoms with Gasteiger partial charge >= 0.3 is 6.09 Å². The molecule has 1 N–H and O–H groups in total. The minimum absolute atomic E-state index is 0.0169. The Morgan fingerprint density at radius 1 is 1.38 bits per heavy atom. The first-order valence-electron chi connectivity index (χ1n) is 7.15. The van der Waals surface area contributed by atoms with Gasteiger partial charge in [-0.05, 0) is 27.2 Å². The molecular weight excluding hydrogens is 272 g/mol. The molecule has 3 heterocycles. The molecule has 7 heteroatoms. The van der Waals surface area contributed by atoms with Crippen molar-refractivity contribution >= 4 is 12.0 Å². The molecule has 0 spiro atoms. The van der Waals surface area contributed by atoms with E-state index < -0.39 is 17.7 Å². The van der Waals surface area contributed by atoms with Gasteiger partial charge in [0.15, 0.2) is 0 Å². The molecule has 0 unspecified atom stereocenters. The molecule has 2 aliphatic rings. The van der Waals surface area contributed by atoms with Crippen LogP contribution in [0.3, 0.4) is 0 Å². The first kappa shape index (κ1) is 13.9. The molecule has 0 saturated carbocycles. The zero-order valence-corrected chi connectivity index (χ0v) is 12.5. The Bertz CT molecular complexity index is 555. The lowest BCUT2D eigenvalue weighted by Crippen LogP contribution is -2.59. The van der Waals surface area contributed by atoms with Gasteiger partial charge in [-0.25, -0.2) is 4.79 Å². The number of carbonyl (C=O) groups excluding carboxylic acids is 2. The van der Waals surface area contributed by atoms with Crippen molar-refractivity contribution in [2.75, 3.05) is 6.54 Å². The van der Waals surface area contributed by atoms with Crippen LogP contribution in [-0.4, -0.2) is 50.2 Å². The van der Waals surface area contributed by atoms with E-state index >= 15 is 0 Å². The van der Waals surface area contributed by atoms with Crippen LogP contribution in [0.25, 0.3) is 0 Å². The van der Waals surface area contributed by atoms with Crippen molar-refractivity contribution in [2.24, 2.45) is 0 Å². The van der Waals surface area contributed by atoms with Crippen molar-refractivity contribution in [3.8, 4) is 0 Å². The number of rotatable bonds is 1. The van der Waals surface area contributed by atoms with Crippen molar-refractivity contribution in [3.05, 3.63) is 17.5 Å². The standard InChI is InChI=1S/C14H20N4O3/c1-14(2,3)21-13(20)18-5-4-11(18)12(19)17-7-9-6-15-16-10(9)8-17/h6,11H,4-5,7-8H2,1-3H3,(H,15,16)/t11-/m1/s1. The smallest absolute Gasteiger partial charge is 0.410 e. The summed E-state index contributed by atoms with van der Waals surface area (Å²) in [5.74, 6) is -0.0169. The molecule has 0 aliphatic carbocycles. The van der Waals surface area contributed by atoms with E-state index in [0.717, 1.165) is 11.3 Å². The molecule has 2 aliphatic heterocycles. The number of ether oxygens (including phenoxy) is 1. The number of amides is 2. The largest absolute Gasteiger partial charge is 0.444 e. The summed E-state index contributed by atoms with van der Waals surface area (Å²) in [6, 6.07) is -0.392. The molecule has 3 rings (SSSR count). The Labute approximate surface area is 123 Å². The molecule has 7 nitrogen and oxygen atoms in total. The monoisotopic (exact) mass is 292 g/mol. The molecule has 0 radical (unpaired) electrons. The Hall–Kier alpha value is -2.05. The predicted molar refractivity (Wildman–Crippen MR) is 74.2 cm³/mol. The lowest BCUT2D eigenvalue weighted by Gasteiger charge is -2.41. The lowest BCUT2D eigenvalue weighted by molar-refractivity contribution is -0.142. The highest BCUT2D eigenvalue weighted by Gasteiger charge is 2.42. The number of hydrogen-bond donors (Lipinski definition) is 1. The Kier molecular flexibility index (Phi) is 3.15. The van der Waals surface area contributed by atoms with Crippen LogP contribution in [0.2, 0.25) is 0 Å². The van der Waals surface area contributed by atoms with E-state index in [1.54, 1.807) is 11.1 Å². The highest BCUT2D eigenvalue weighted by atomic mass is 16.6. The van der Waals surface area contributed by atoms with Gasteiger partial charge in [0, 0.05) is 18.7 Å². The fraction of sp³-hybridized carbons (Fsp3) is 0.643. The van der Waals surface area contributed by atoms with E-state index in [2.05, 4.69) is 10.2 Å². The average molecular weight is 292 g/mol. The van der Waals surface area contributed by atoms with Gasteiger partial charge in [-0.1, -0.05) is 0 Å². The third-order valence-electron chi connectivity index (χ3n) is 3.76. The maximum absolute atomic E-state index is 12.5. The van der Waals surface area contributed by atoms with Crippen molar-refractivity contribution in [1.82, 2.24) is 20.0 Å². The van der Waals surface area contributed by atoms with E-state index in [9.17, 15) is 9.59 Å². The summed E-state index contributed by atoms with van der Waals surface area (Å²) in [5.41, 5.74) is 1.48. The molecule has 0 bridgehead atoms. The van der Waals surface area contributed by atoms with Crippen molar-refractivity contribution in [2.45, 2.75) is 51.9 Å². The third-order valence-corrected chi connectivity index (χ3v) is 3.76. The summed E-state index contributed by atoms with van der Waals surface area (Å²) < 4.78 is 5.33. The second-order valence-corrected chi connectivity index (χ2v) is 6.55. The second-order valence-electron chi connectivity index (χ2n) is 6.55. The zero-order chi connectivity index (χ0) is 15.2. The predicted octanol–water partition coefficient (Wildman–Crippen LogP) is 1.26. The summed E-state index contributed by atoms with van der Waals surface area (Å²) in [5, 5.41) is 6.85. The maximum atomic E-state index is 12.5. The highest BCUT2D eigenvalue weighted by Crippen LogP contribution is 2.27. The Morgan fingerprint density at radius 2 is 2.14 bits per heavy atom. The number of aromatic nitrogens is 2. The summed E-state index contributed by atoms with van der Waals surface area (Å²) in [7, 11) is 0. The SMILES string of the molecule is CC(C)(C)OC(=O)N1CC[C@@H]1C(=O)N1Cc2cn[nH]c2C1. The van der Waals surface area contributed by atoms with Gasteiger partial charge in [-0.2, -0.15) is 5.10 Å². The van der Waals surface area contributed by atoms with Crippen molar-refractivity contribution < 1.29 is 14.3 Å². The highest BCUT2D eigenvalue weighted by molar-refractivity contribution is 5.87. The summed E-state index contributed by atoms with van der Waals surface area (Å²) in [4.78, 5) is 27.8. The molecule has 2 amide bonds. The maximum Gasteiger partial charge on any atom is 0.410 e. The van der Waals surface area contributed by atoms with E-state index in [4.69, 9.17) is 4.74 Å². The van der Waals surface area contributed by atoms with Gasteiger partial charge in [0.25, 0.3) is 0 Å². The first-order chi connectivity index (χ1) is 9.85. The quantitative estimate of drug-likeness (QED) is 0.845. The van der Waals surface area contributed by atoms with Gasteiger partial charge < -0.3 is 9.64 Å². The van der Waals surface area contributed by atoms with Crippen LogP contribution < -0.4 is 0 Å². The molecule has 1 fully saturated rings. The van der Waals surface area contributed by atoms with E-state index in [1.165, 1.54) is 4.90 Å². The topological polar surface area (TPSA) is 78.5 Å². The average Bonchev–Trinajstić information content (AvgIpc) is 2.83. The van der Waals surface area contributed by atoms with Gasteiger partial charge in [0.2, 0.25) is 5.91 Å². The van der Waals surface area contributed by atoms with Crippen LogP contribution in [-0.2, 0) is 22.6 Å². The number of fused-ring (bicyclic) bond motifs is 1. The minimum Gasteiger partial charge on any atom is -0.444 e. The van der Waals surface area contributed by atoms with Gasteiger partial charge in [-0.3, -0.25) is 14.8 Å². The fourth-order valence-electron chi connectivity index (χ4n) is 2.61. The molecular formula is C14H20N4O3. The molecule has 1 aromatic heterocycles. The summed E-state index contributed by atoms with van der Waals surface area (Å²) in [6.45, 7) is 7.13. The van der Waals surface area contributed by atoms with Gasteiger partial charge in [-0.15, -0.1) is 0 Å². The van der Waals surface area contributed by atoms with E-state index in [-0.39, 0.29) is 5.91 Å². The van der Waals surface area contributed by atoms with Gasteiger partial charge in [0.1, 0.15) is 11.6 Å². The first-order valence-corrected chi connectivity index (χ1v) is 7.15. The number of likely N-dealkylation sites (tertiary alicyclic amines) is 1. The second kappa shape index (κ2) is 4.75. The number of H-pyrrole nitrogens is 1. The van der Waals surface area contributed by atoms with Crippen molar-refractivity contribution in [1.29, 1.82) is 0 Å². The summed E-state index contributed by atoms with van der Waals surface area (Å²) in [6.07, 6.45) is 2.03. The number of hydrogen-bond acceptors (Lipinski definition) is 4. The Morgan fingerprint density at radius 3 is 2.71 bits per heavy atom. The normalized spacial score (nSPS) is 21.0. The fourth-order valence-corrected chi connectivity index (χ4v) is 2.61. The number of aromatic amines is 1. The summed E-state index contributed by atoms with van der Waals surface area (Å²) >= 11 is 0. The van der Waals surface area contributed by atoms with Gasteiger partial charge in [0.05, 0.1) is 18.4 Å². The van der Waals surface area contributed by atoms with Crippen LogP contribution in [0.1, 0.15) is 38.4 Å². The number of carbonyl (C=O) groups is 2. The minimum atomic E-state index is -0.545. The third kappa shape index (κ3) is 2.59. The van der Waals surface area contributed by atoms with Crippen LogP contribution in [0.15, 0.2) is 6.20 Å². The Balaban J connectivity index is 1.61. The van der Waals surface area contributed by atoms with E-state index in [1.807, 2.05) is 20.8 Å². The number of nitrogens with zero attached hydrogens (tertiary/aromatic N) is 3. The molecule has 1 saturated heterocycles. The van der Waals surface area contributed by atoms with Crippen molar-refractivity contribution in [3.63, 3.8) is 0 Å². The zero-order valence-electron chi connectivity index (χ0n) is 12.5. The molecule has 1 atom stereocenters. The number of nitrogens with one attached hydrogen (secondary N) is 1. The van der Waals surface area contributed by atoms with Crippen LogP contribution in [0.4, 0.5) is 4.79 Å². The van der Waals surface area contributed by atoms with Crippen LogP contribution in [0.5, 0.6) is 0 Å². The van der Waals surface area contributed by atoms with Crippen LogP contribution in [0, 0.1) is 0 Å². The molecule has 114 valence electrons.